The molecule has 1 aliphatic rings. The first-order chi connectivity index (χ1) is 18.9. The van der Waals surface area contributed by atoms with Gasteiger partial charge in [0.25, 0.3) is 5.91 Å². The van der Waals surface area contributed by atoms with Crippen LogP contribution in [0.2, 0.25) is 0 Å². The standard InChI is InChI=1S/C32H35BrN2O4/c1-23(2)22-34-31(37)32(19-8-12-24-10-4-3-5-11-24)29(27-13-6-7-14-28(27)33)39-30(35-32)25-15-17-26(18-16-25)38-21-9-20-36/h3-8,10-18,23,29,36H,9,19-22H2,1-2H3,(H,34,37)/b12-8+/t29-,32-/m1/s1. The minimum Gasteiger partial charge on any atom is -0.494 e. The maximum Gasteiger partial charge on any atom is 0.252 e. The van der Waals surface area contributed by atoms with Crippen LogP contribution in [0.15, 0.2) is 94.4 Å². The molecule has 6 nitrogen and oxygen atoms in total. The van der Waals surface area contributed by atoms with Crippen LogP contribution in [-0.2, 0) is 9.53 Å². The largest absolute Gasteiger partial charge is 0.494 e. The van der Waals surface area contributed by atoms with E-state index in [-0.39, 0.29) is 18.4 Å². The summed E-state index contributed by atoms with van der Waals surface area (Å²) >= 11 is 3.67. The molecule has 2 atom stereocenters. The number of hydrogen-bond acceptors (Lipinski definition) is 5. The third-order valence-electron chi connectivity index (χ3n) is 6.43. The van der Waals surface area contributed by atoms with Crippen LogP contribution in [0.5, 0.6) is 5.75 Å². The number of halogens is 1. The average molecular weight is 592 g/mol. The maximum atomic E-state index is 14.0. The van der Waals surface area contributed by atoms with Crippen molar-refractivity contribution in [1.82, 2.24) is 5.32 Å². The predicted molar refractivity (Wildman–Crippen MR) is 159 cm³/mol. The fourth-order valence-electron chi connectivity index (χ4n) is 4.37. The van der Waals surface area contributed by atoms with E-state index < -0.39 is 11.6 Å². The van der Waals surface area contributed by atoms with Crippen LogP contribution < -0.4 is 10.1 Å². The SMILES string of the molecule is CC(C)CNC(=O)[C@]1(C/C=C/c2ccccc2)N=C(c2ccc(OCCCO)cc2)O[C@@H]1c1ccccc1Br. The van der Waals surface area contributed by atoms with Gasteiger partial charge in [-0.2, -0.15) is 0 Å². The van der Waals surface area contributed by atoms with E-state index in [9.17, 15) is 4.79 Å². The van der Waals surface area contributed by atoms with Crippen LogP contribution >= 0.6 is 15.9 Å². The topological polar surface area (TPSA) is 80.2 Å². The first-order valence-electron chi connectivity index (χ1n) is 13.3. The van der Waals surface area contributed by atoms with Gasteiger partial charge in [-0.05, 0) is 41.8 Å². The van der Waals surface area contributed by atoms with E-state index in [0.717, 1.165) is 21.2 Å². The maximum absolute atomic E-state index is 14.0. The summed E-state index contributed by atoms with van der Waals surface area (Å²) in [7, 11) is 0. The molecule has 0 unspecified atom stereocenters. The van der Waals surface area contributed by atoms with Gasteiger partial charge in [0, 0.05) is 41.6 Å². The lowest BCUT2D eigenvalue weighted by atomic mass is 9.84. The molecule has 1 aliphatic heterocycles. The molecule has 7 heteroatoms. The molecule has 3 aromatic carbocycles. The predicted octanol–water partition coefficient (Wildman–Crippen LogP) is 6.34. The lowest BCUT2D eigenvalue weighted by Gasteiger charge is -2.30. The molecule has 0 saturated carbocycles. The van der Waals surface area contributed by atoms with Crippen molar-refractivity contribution in [2.24, 2.45) is 10.9 Å². The number of carbonyl (C=O) groups is 1. The summed E-state index contributed by atoms with van der Waals surface area (Å²) < 4.78 is 13.1. The second-order valence-corrected chi connectivity index (χ2v) is 10.8. The van der Waals surface area contributed by atoms with Crippen molar-refractivity contribution < 1.29 is 19.4 Å². The summed E-state index contributed by atoms with van der Waals surface area (Å²) in [5, 5.41) is 12.1. The highest BCUT2D eigenvalue weighted by Crippen LogP contribution is 2.45. The van der Waals surface area contributed by atoms with Crippen LogP contribution in [0, 0.1) is 5.92 Å². The number of nitrogens with one attached hydrogen (secondary N) is 1. The molecule has 204 valence electrons. The number of hydrogen-bond donors (Lipinski definition) is 2. The van der Waals surface area contributed by atoms with Crippen LogP contribution in [0.1, 0.15) is 49.5 Å². The Bertz CT molecular complexity index is 1290. The molecule has 0 saturated heterocycles. The summed E-state index contributed by atoms with van der Waals surface area (Å²) in [6.45, 7) is 5.19. The van der Waals surface area contributed by atoms with Gasteiger partial charge in [-0.3, -0.25) is 4.79 Å². The van der Waals surface area contributed by atoms with Crippen molar-refractivity contribution in [3.05, 3.63) is 106 Å². The molecular weight excluding hydrogens is 556 g/mol. The van der Waals surface area contributed by atoms with E-state index >= 15 is 0 Å². The zero-order valence-electron chi connectivity index (χ0n) is 22.3. The molecule has 39 heavy (non-hydrogen) atoms. The van der Waals surface area contributed by atoms with Crippen LogP contribution in [0.4, 0.5) is 0 Å². The first kappa shape index (κ1) is 28.6. The average Bonchev–Trinajstić information content (AvgIpc) is 3.33. The number of nitrogens with zero attached hydrogens (tertiary/aromatic N) is 1. The number of benzene rings is 3. The molecule has 0 spiro atoms. The van der Waals surface area contributed by atoms with Gasteiger partial charge in [-0.15, -0.1) is 0 Å². The Morgan fingerprint density at radius 2 is 1.82 bits per heavy atom. The molecule has 2 N–H and O–H groups in total. The molecule has 1 heterocycles. The van der Waals surface area contributed by atoms with E-state index in [2.05, 4.69) is 35.1 Å². The number of aliphatic imine (C=N–C) groups is 1. The van der Waals surface area contributed by atoms with Gasteiger partial charge in [0.15, 0.2) is 11.6 Å². The molecule has 3 aromatic rings. The molecule has 0 bridgehead atoms. The molecular formula is C32H35BrN2O4. The van der Waals surface area contributed by atoms with E-state index in [0.29, 0.717) is 37.6 Å². The van der Waals surface area contributed by atoms with Gasteiger partial charge < -0.3 is 19.9 Å². The van der Waals surface area contributed by atoms with E-state index in [1.165, 1.54) is 0 Å². The van der Waals surface area contributed by atoms with Gasteiger partial charge in [0.05, 0.1) is 6.61 Å². The fraction of sp³-hybridized carbons (Fsp3) is 0.312. The molecule has 4 rings (SSSR count). The summed E-state index contributed by atoms with van der Waals surface area (Å²) in [5.74, 6) is 1.22. The van der Waals surface area contributed by atoms with Gasteiger partial charge in [-0.1, -0.05) is 90.5 Å². The van der Waals surface area contributed by atoms with Gasteiger partial charge >= 0.3 is 0 Å². The minimum atomic E-state index is -1.21. The van der Waals surface area contributed by atoms with Crippen molar-refractivity contribution in [3.8, 4) is 5.75 Å². The number of aliphatic hydroxyl groups excluding tert-OH is 1. The monoisotopic (exact) mass is 590 g/mol. The van der Waals surface area contributed by atoms with Crippen molar-refractivity contribution >= 4 is 33.8 Å². The fourth-order valence-corrected chi connectivity index (χ4v) is 4.86. The van der Waals surface area contributed by atoms with Gasteiger partial charge in [0.2, 0.25) is 5.90 Å². The van der Waals surface area contributed by atoms with E-state index in [1.807, 2.05) is 91.0 Å². The summed E-state index contributed by atoms with van der Waals surface area (Å²) in [6.07, 6.45) is 4.29. The van der Waals surface area contributed by atoms with Crippen LogP contribution in [0.3, 0.4) is 0 Å². The lowest BCUT2D eigenvalue weighted by molar-refractivity contribution is -0.129. The normalized spacial score (nSPS) is 18.7. The second kappa shape index (κ2) is 13.6. The number of carbonyl (C=O) groups excluding carboxylic acids is 1. The molecule has 0 radical (unpaired) electrons. The third-order valence-corrected chi connectivity index (χ3v) is 7.15. The Labute approximate surface area is 238 Å². The third kappa shape index (κ3) is 7.16. The summed E-state index contributed by atoms with van der Waals surface area (Å²) in [4.78, 5) is 19.0. The zero-order valence-corrected chi connectivity index (χ0v) is 23.9. The number of ether oxygens (including phenoxy) is 2. The second-order valence-electron chi connectivity index (χ2n) is 9.93. The first-order valence-corrected chi connectivity index (χ1v) is 14.1. The Balaban J connectivity index is 1.74. The Hall–Kier alpha value is -3.42. The highest BCUT2D eigenvalue weighted by molar-refractivity contribution is 9.10. The highest BCUT2D eigenvalue weighted by atomic mass is 79.9. The number of aliphatic hydroxyl groups is 1. The molecule has 0 aliphatic carbocycles. The molecule has 0 aromatic heterocycles. The van der Waals surface area contributed by atoms with Crippen LogP contribution in [0.25, 0.3) is 6.08 Å². The summed E-state index contributed by atoms with van der Waals surface area (Å²) in [5.41, 5.74) is 1.45. The Morgan fingerprint density at radius 1 is 1.10 bits per heavy atom. The van der Waals surface area contributed by atoms with Crippen molar-refractivity contribution in [1.29, 1.82) is 0 Å². The van der Waals surface area contributed by atoms with Gasteiger partial charge in [-0.25, -0.2) is 4.99 Å². The smallest absolute Gasteiger partial charge is 0.252 e. The Morgan fingerprint density at radius 3 is 2.51 bits per heavy atom. The summed E-state index contributed by atoms with van der Waals surface area (Å²) in [6, 6.07) is 25.3. The Kier molecular flexibility index (Phi) is 9.96. The van der Waals surface area contributed by atoms with Crippen molar-refractivity contribution in [3.63, 3.8) is 0 Å². The van der Waals surface area contributed by atoms with E-state index in [4.69, 9.17) is 19.6 Å². The number of rotatable bonds is 12. The van der Waals surface area contributed by atoms with Crippen molar-refractivity contribution in [2.75, 3.05) is 19.8 Å². The van der Waals surface area contributed by atoms with Crippen molar-refractivity contribution in [2.45, 2.75) is 38.3 Å². The number of amides is 1. The molecule has 0 fully saturated rings. The molecule has 1 amide bonds. The zero-order chi connectivity index (χ0) is 27.7. The lowest BCUT2D eigenvalue weighted by Crippen LogP contribution is -2.49. The quantitative estimate of drug-likeness (QED) is 0.241. The van der Waals surface area contributed by atoms with Gasteiger partial charge in [0.1, 0.15) is 5.75 Å². The minimum absolute atomic E-state index is 0.0822. The van der Waals surface area contributed by atoms with E-state index in [1.54, 1.807) is 0 Å². The van der Waals surface area contributed by atoms with Crippen LogP contribution in [-0.4, -0.2) is 42.2 Å². The highest BCUT2D eigenvalue weighted by Gasteiger charge is 2.53.